The number of esters is 1. The van der Waals surface area contributed by atoms with E-state index in [0.29, 0.717) is 23.7 Å². The molecule has 1 amide bonds. The molecule has 0 unspecified atom stereocenters. The van der Waals surface area contributed by atoms with E-state index in [9.17, 15) is 9.59 Å². The first kappa shape index (κ1) is 27.1. The summed E-state index contributed by atoms with van der Waals surface area (Å²) in [4.78, 5) is 31.5. The molecule has 3 heterocycles. The van der Waals surface area contributed by atoms with Gasteiger partial charge in [0, 0.05) is 31.0 Å². The van der Waals surface area contributed by atoms with Crippen LogP contribution < -0.4 is 15.0 Å². The number of methoxy groups -OCH3 is 1. The third-order valence-corrected chi connectivity index (χ3v) is 6.08. The number of hydrogen-bond acceptors (Lipinski definition) is 8. The number of aromatic nitrogens is 3. The summed E-state index contributed by atoms with van der Waals surface area (Å²) in [7, 11) is 1.58. The van der Waals surface area contributed by atoms with Crippen LogP contribution in [0, 0.1) is 0 Å². The van der Waals surface area contributed by atoms with Crippen LogP contribution in [-0.2, 0) is 14.3 Å². The smallest absolute Gasteiger partial charge is 0.308 e. The first-order chi connectivity index (χ1) is 18.2. The number of H-pyrrole nitrogens is 1. The summed E-state index contributed by atoms with van der Waals surface area (Å²) < 4.78 is 16.8. The molecule has 10 nitrogen and oxygen atoms in total. The molecule has 0 atom stereocenters. The molecule has 1 aliphatic heterocycles. The van der Waals surface area contributed by atoms with Crippen molar-refractivity contribution in [2.45, 2.75) is 51.7 Å². The topological polar surface area (TPSA) is 119 Å². The average Bonchev–Trinajstić information content (AvgIpc) is 3.44. The highest BCUT2D eigenvalue weighted by Crippen LogP contribution is 2.32. The fourth-order valence-electron chi connectivity index (χ4n) is 4.26. The number of aromatic amines is 1. The number of pyridine rings is 1. The first-order valence-electron chi connectivity index (χ1n) is 12.8. The van der Waals surface area contributed by atoms with Crippen molar-refractivity contribution in [3.63, 3.8) is 0 Å². The molecule has 4 rings (SSSR count). The molecule has 1 aliphatic rings. The lowest BCUT2D eigenvalue weighted by Crippen LogP contribution is -2.37. The Kier molecular flexibility index (Phi) is 8.62. The van der Waals surface area contributed by atoms with E-state index in [4.69, 9.17) is 14.2 Å². The zero-order valence-corrected chi connectivity index (χ0v) is 22.3. The molecule has 2 aromatic heterocycles. The van der Waals surface area contributed by atoms with Crippen molar-refractivity contribution in [2.75, 3.05) is 37.0 Å². The number of nitrogens with one attached hydrogen (secondary N) is 2. The molecule has 0 spiro atoms. The molecular formula is C28H35N5O5. The summed E-state index contributed by atoms with van der Waals surface area (Å²) in [5.74, 6) is -0.00594. The molecular weight excluding hydrogens is 486 g/mol. The van der Waals surface area contributed by atoms with Crippen LogP contribution in [0.5, 0.6) is 5.75 Å². The summed E-state index contributed by atoms with van der Waals surface area (Å²) in [6.45, 7) is 7.57. The Hall–Kier alpha value is -3.92. The lowest BCUT2D eigenvalue weighted by Gasteiger charge is -2.34. The molecule has 202 valence electrons. The number of carbonyl (C=O) groups excluding carboxylic acids is 2. The summed E-state index contributed by atoms with van der Waals surface area (Å²) in [6, 6.07) is 12.8. The number of nitrogens with zero attached hydrogens (tertiary/aromatic N) is 3. The van der Waals surface area contributed by atoms with E-state index in [1.165, 1.54) is 0 Å². The van der Waals surface area contributed by atoms with Gasteiger partial charge in [-0.15, -0.1) is 0 Å². The number of hydrogen-bond donors (Lipinski definition) is 2. The van der Waals surface area contributed by atoms with E-state index in [1.54, 1.807) is 31.5 Å². The quantitative estimate of drug-likeness (QED) is 0.397. The van der Waals surface area contributed by atoms with Crippen LogP contribution in [0.3, 0.4) is 0 Å². The minimum absolute atomic E-state index is 0.110. The van der Waals surface area contributed by atoms with Gasteiger partial charge in [-0.05, 0) is 63.9 Å². The molecule has 3 aromatic rings. The Morgan fingerprint density at radius 3 is 2.61 bits per heavy atom. The van der Waals surface area contributed by atoms with Gasteiger partial charge in [0.15, 0.2) is 0 Å². The highest BCUT2D eigenvalue weighted by atomic mass is 16.6. The Labute approximate surface area is 222 Å². The van der Waals surface area contributed by atoms with E-state index in [-0.39, 0.29) is 30.1 Å². The fraction of sp³-hybridized carbons (Fsp3) is 0.429. The SMILES string of the molecule is COc1cc(N2CCC(OCCC(=O)OC(C)(C)C)CC2)ccc1NC(=O)c1cccc(-c2ccn[nH]2)n1. The van der Waals surface area contributed by atoms with Crippen LogP contribution in [0.4, 0.5) is 11.4 Å². The van der Waals surface area contributed by atoms with Crippen LogP contribution in [0.25, 0.3) is 11.4 Å². The molecule has 1 saturated heterocycles. The number of anilines is 2. The minimum atomic E-state index is -0.482. The lowest BCUT2D eigenvalue weighted by atomic mass is 10.1. The van der Waals surface area contributed by atoms with Gasteiger partial charge in [0.2, 0.25) is 0 Å². The van der Waals surface area contributed by atoms with Crippen molar-refractivity contribution < 1.29 is 23.8 Å². The van der Waals surface area contributed by atoms with Crippen LogP contribution in [0.1, 0.15) is 50.5 Å². The van der Waals surface area contributed by atoms with E-state index < -0.39 is 5.60 Å². The van der Waals surface area contributed by atoms with Gasteiger partial charge in [0.1, 0.15) is 17.0 Å². The van der Waals surface area contributed by atoms with Gasteiger partial charge in [-0.25, -0.2) is 4.98 Å². The number of carbonyl (C=O) groups is 2. The van der Waals surface area contributed by atoms with Gasteiger partial charge in [-0.3, -0.25) is 14.7 Å². The third-order valence-electron chi connectivity index (χ3n) is 6.08. The second kappa shape index (κ2) is 12.1. The van der Waals surface area contributed by atoms with Crippen molar-refractivity contribution in [1.29, 1.82) is 0 Å². The maximum absolute atomic E-state index is 12.9. The second-order valence-corrected chi connectivity index (χ2v) is 10.1. The number of rotatable bonds is 9. The zero-order valence-electron chi connectivity index (χ0n) is 22.3. The van der Waals surface area contributed by atoms with E-state index in [2.05, 4.69) is 25.4 Å². The van der Waals surface area contributed by atoms with Gasteiger partial charge in [-0.2, -0.15) is 5.10 Å². The molecule has 0 radical (unpaired) electrons. The molecule has 38 heavy (non-hydrogen) atoms. The van der Waals surface area contributed by atoms with Crippen molar-refractivity contribution in [3.8, 4) is 17.1 Å². The van der Waals surface area contributed by atoms with Crippen LogP contribution in [-0.4, -0.2) is 65.6 Å². The Balaban J connectivity index is 1.31. The maximum atomic E-state index is 12.9. The van der Waals surface area contributed by atoms with Gasteiger partial charge in [0.25, 0.3) is 5.91 Å². The molecule has 2 N–H and O–H groups in total. The van der Waals surface area contributed by atoms with Crippen molar-refractivity contribution >= 4 is 23.3 Å². The van der Waals surface area contributed by atoms with Crippen molar-refractivity contribution in [1.82, 2.24) is 15.2 Å². The summed E-state index contributed by atoms with van der Waals surface area (Å²) >= 11 is 0. The summed E-state index contributed by atoms with van der Waals surface area (Å²) in [6.07, 6.45) is 3.71. The maximum Gasteiger partial charge on any atom is 0.308 e. The Morgan fingerprint density at radius 2 is 1.92 bits per heavy atom. The van der Waals surface area contributed by atoms with Crippen LogP contribution in [0.2, 0.25) is 0 Å². The largest absolute Gasteiger partial charge is 0.494 e. The molecule has 0 saturated carbocycles. The number of benzene rings is 1. The number of ether oxygens (including phenoxy) is 3. The Morgan fingerprint density at radius 1 is 1.13 bits per heavy atom. The molecule has 0 bridgehead atoms. The zero-order chi connectivity index (χ0) is 27.1. The number of amides is 1. The fourth-order valence-corrected chi connectivity index (χ4v) is 4.26. The molecule has 0 aliphatic carbocycles. The van der Waals surface area contributed by atoms with Gasteiger partial charge in [-0.1, -0.05) is 6.07 Å². The monoisotopic (exact) mass is 521 g/mol. The molecule has 1 fully saturated rings. The van der Waals surface area contributed by atoms with Crippen LogP contribution >= 0.6 is 0 Å². The van der Waals surface area contributed by atoms with Crippen molar-refractivity contribution in [2.24, 2.45) is 0 Å². The molecule has 1 aromatic carbocycles. The summed E-state index contributed by atoms with van der Waals surface area (Å²) in [5, 5.41) is 9.69. The molecule has 10 heteroatoms. The van der Waals surface area contributed by atoms with Crippen LogP contribution in [0.15, 0.2) is 48.7 Å². The second-order valence-electron chi connectivity index (χ2n) is 10.1. The van der Waals surface area contributed by atoms with E-state index in [0.717, 1.165) is 37.3 Å². The Bertz CT molecular complexity index is 1230. The summed E-state index contributed by atoms with van der Waals surface area (Å²) in [5.41, 5.74) is 2.75. The first-order valence-corrected chi connectivity index (χ1v) is 12.8. The number of piperidine rings is 1. The standard InChI is InChI=1S/C28H35N5O5/c1-28(2,3)38-26(34)13-17-37-20-11-15-33(16-12-20)19-8-9-23(25(18-19)36-4)31-27(35)24-7-5-6-21(30-24)22-10-14-29-32-22/h5-10,14,18,20H,11-13,15-17H2,1-4H3,(H,29,32)(H,31,35). The predicted octanol–water partition coefficient (Wildman–Crippen LogP) is 4.45. The average molecular weight is 522 g/mol. The highest BCUT2D eigenvalue weighted by Gasteiger charge is 2.22. The van der Waals surface area contributed by atoms with Gasteiger partial charge >= 0.3 is 5.97 Å². The van der Waals surface area contributed by atoms with E-state index >= 15 is 0 Å². The minimum Gasteiger partial charge on any atom is -0.494 e. The van der Waals surface area contributed by atoms with Crippen molar-refractivity contribution in [3.05, 3.63) is 54.4 Å². The normalized spacial score (nSPS) is 14.3. The van der Waals surface area contributed by atoms with Gasteiger partial charge in [0.05, 0.1) is 43.3 Å². The van der Waals surface area contributed by atoms with Gasteiger partial charge < -0.3 is 24.4 Å². The third kappa shape index (κ3) is 7.32. The predicted molar refractivity (Wildman–Crippen MR) is 144 cm³/mol. The van der Waals surface area contributed by atoms with E-state index in [1.807, 2.05) is 45.0 Å². The lowest BCUT2D eigenvalue weighted by molar-refractivity contribution is -0.156. The highest BCUT2D eigenvalue weighted by molar-refractivity contribution is 6.04.